The SMILES string of the molecule is Clc1ccc(Sc2nc(Cl)nc(-n3ccnc3)n2)cc1. The number of aromatic nitrogens is 5. The molecule has 1 aromatic carbocycles. The third-order valence-electron chi connectivity index (χ3n) is 2.33. The molecule has 0 atom stereocenters. The Bertz CT molecular complexity index is 715. The molecule has 8 heteroatoms. The number of hydrogen-bond acceptors (Lipinski definition) is 5. The van der Waals surface area contributed by atoms with Crippen molar-refractivity contribution < 1.29 is 0 Å². The molecular formula is C12H7Cl2N5S. The highest BCUT2D eigenvalue weighted by Crippen LogP contribution is 2.26. The molecule has 2 aromatic heterocycles. The average Bonchev–Trinajstić information content (AvgIpc) is 2.95. The monoisotopic (exact) mass is 323 g/mol. The quantitative estimate of drug-likeness (QED) is 0.738. The Morgan fingerprint density at radius 1 is 1.00 bits per heavy atom. The van der Waals surface area contributed by atoms with Gasteiger partial charge in [0.2, 0.25) is 11.2 Å². The molecule has 0 unspecified atom stereocenters. The summed E-state index contributed by atoms with van der Waals surface area (Å²) in [5.74, 6) is 0.430. The second kappa shape index (κ2) is 5.78. The van der Waals surface area contributed by atoms with E-state index in [0.717, 1.165) is 4.90 Å². The Morgan fingerprint density at radius 3 is 2.50 bits per heavy atom. The van der Waals surface area contributed by atoms with E-state index in [0.29, 0.717) is 16.1 Å². The minimum Gasteiger partial charge on any atom is -0.274 e. The maximum absolute atomic E-state index is 5.93. The lowest BCUT2D eigenvalue weighted by molar-refractivity contribution is 0.823. The zero-order valence-corrected chi connectivity index (χ0v) is 12.3. The van der Waals surface area contributed by atoms with Crippen molar-refractivity contribution in [1.82, 2.24) is 24.5 Å². The predicted molar refractivity (Wildman–Crippen MR) is 77.5 cm³/mol. The third kappa shape index (κ3) is 3.09. The Balaban J connectivity index is 1.92. The van der Waals surface area contributed by atoms with Gasteiger partial charge < -0.3 is 0 Å². The summed E-state index contributed by atoms with van der Waals surface area (Å²) in [5.41, 5.74) is 0. The molecule has 0 radical (unpaired) electrons. The zero-order valence-electron chi connectivity index (χ0n) is 9.94. The first-order valence-corrected chi connectivity index (χ1v) is 7.11. The van der Waals surface area contributed by atoms with E-state index >= 15 is 0 Å². The Morgan fingerprint density at radius 2 is 1.80 bits per heavy atom. The van der Waals surface area contributed by atoms with Crippen LogP contribution in [0.5, 0.6) is 0 Å². The first-order chi connectivity index (χ1) is 9.70. The summed E-state index contributed by atoms with van der Waals surface area (Å²) in [5, 5.41) is 1.33. The van der Waals surface area contributed by atoms with Crippen molar-refractivity contribution in [3.63, 3.8) is 0 Å². The van der Waals surface area contributed by atoms with Gasteiger partial charge in [-0.05, 0) is 47.6 Å². The number of rotatable bonds is 3. The molecule has 3 rings (SSSR count). The van der Waals surface area contributed by atoms with Crippen molar-refractivity contribution in [2.75, 3.05) is 0 Å². The van der Waals surface area contributed by atoms with Gasteiger partial charge in [-0.1, -0.05) is 11.6 Å². The molecule has 3 aromatic rings. The van der Waals surface area contributed by atoms with E-state index in [1.54, 1.807) is 23.3 Å². The smallest absolute Gasteiger partial charge is 0.240 e. The van der Waals surface area contributed by atoms with E-state index in [9.17, 15) is 0 Å². The molecule has 100 valence electrons. The molecule has 0 aliphatic carbocycles. The van der Waals surface area contributed by atoms with Crippen LogP contribution < -0.4 is 0 Å². The summed E-state index contributed by atoms with van der Waals surface area (Å²) >= 11 is 13.2. The molecule has 0 spiro atoms. The van der Waals surface area contributed by atoms with Gasteiger partial charge in [0.05, 0.1) is 0 Å². The van der Waals surface area contributed by atoms with Crippen LogP contribution in [0, 0.1) is 0 Å². The van der Waals surface area contributed by atoms with E-state index in [1.807, 2.05) is 24.3 Å². The minimum absolute atomic E-state index is 0.139. The fourth-order valence-electron chi connectivity index (χ4n) is 1.47. The highest BCUT2D eigenvalue weighted by molar-refractivity contribution is 7.99. The van der Waals surface area contributed by atoms with Gasteiger partial charge in [-0.25, -0.2) is 4.98 Å². The summed E-state index contributed by atoms with van der Waals surface area (Å²) in [6.45, 7) is 0. The van der Waals surface area contributed by atoms with Gasteiger partial charge in [-0.2, -0.15) is 15.0 Å². The molecule has 5 nitrogen and oxygen atoms in total. The lowest BCUT2D eigenvalue weighted by Crippen LogP contribution is -2.02. The van der Waals surface area contributed by atoms with Crippen LogP contribution >= 0.6 is 35.0 Å². The standard InChI is InChI=1S/C12H7Cl2N5S/c13-8-1-3-9(4-2-8)20-12-17-10(14)16-11(18-12)19-6-5-15-7-19/h1-7H. The maximum Gasteiger partial charge on any atom is 0.240 e. The molecule has 0 N–H and O–H groups in total. The van der Waals surface area contributed by atoms with Crippen LogP contribution in [0.15, 0.2) is 53.0 Å². The van der Waals surface area contributed by atoms with Crippen molar-refractivity contribution in [2.45, 2.75) is 10.1 Å². The van der Waals surface area contributed by atoms with E-state index in [1.165, 1.54) is 11.8 Å². The predicted octanol–water partition coefficient (Wildman–Crippen LogP) is 3.52. The molecule has 0 aliphatic heterocycles. The average molecular weight is 324 g/mol. The number of benzene rings is 1. The Hall–Kier alpha value is -1.63. The molecule has 0 bridgehead atoms. The number of nitrogens with zero attached hydrogens (tertiary/aromatic N) is 5. The molecule has 20 heavy (non-hydrogen) atoms. The first-order valence-electron chi connectivity index (χ1n) is 5.54. The summed E-state index contributed by atoms with van der Waals surface area (Å²) in [6.07, 6.45) is 4.98. The molecule has 0 fully saturated rings. The van der Waals surface area contributed by atoms with Gasteiger partial charge in [0.15, 0.2) is 5.16 Å². The van der Waals surface area contributed by atoms with Crippen molar-refractivity contribution in [3.8, 4) is 5.95 Å². The molecule has 0 saturated heterocycles. The number of halogens is 2. The van der Waals surface area contributed by atoms with Gasteiger partial charge in [0, 0.05) is 22.3 Å². The molecule has 0 amide bonds. The van der Waals surface area contributed by atoms with E-state index < -0.39 is 0 Å². The minimum atomic E-state index is 0.139. The van der Waals surface area contributed by atoms with E-state index in [2.05, 4.69) is 19.9 Å². The van der Waals surface area contributed by atoms with Crippen LogP contribution in [0.25, 0.3) is 5.95 Å². The topological polar surface area (TPSA) is 56.5 Å². The van der Waals surface area contributed by atoms with Crippen molar-refractivity contribution in [1.29, 1.82) is 0 Å². The third-order valence-corrected chi connectivity index (χ3v) is 3.63. The molecule has 0 aliphatic rings. The van der Waals surface area contributed by atoms with Crippen molar-refractivity contribution in [3.05, 3.63) is 53.3 Å². The number of hydrogen-bond donors (Lipinski definition) is 0. The Labute approximate surface area is 129 Å². The molecular weight excluding hydrogens is 317 g/mol. The Kier molecular flexibility index (Phi) is 3.86. The second-order valence-corrected chi connectivity index (χ2v) is 5.53. The van der Waals surface area contributed by atoms with Crippen LogP contribution in [-0.4, -0.2) is 24.5 Å². The van der Waals surface area contributed by atoms with Crippen LogP contribution in [-0.2, 0) is 0 Å². The van der Waals surface area contributed by atoms with E-state index in [-0.39, 0.29) is 5.28 Å². The summed E-state index contributed by atoms with van der Waals surface area (Å²) in [6, 6.07) is 7.40. The normalized spacial score (nSPS) is 10.7. The highest BCUT2D eigenvalue weighted by Gasteiger charge is 2.08. The van der Waals surface area contributed by atoms with Crippen molar-refractivity contribution >= 4 is 35.0 Å². The fraction of sp³-hybridized carbons (Fsp3) is 0. The van der Waals surface area contributed by atoms with Gasteiger partial charge >= 0.3 is 0 Å². The van der Waals surface area contributed by atoms with E-state index in [4.69, 9.17) is 23.2 Å². The first kappa shape index (κ1) is 13.4. The van der Waals surface area contributed by atoms with Crippen LogP contribution in [0.1, 0.15) is 0 Å². The maximum atomic E-state index is 5.93. The van der Waals surface area contributed by atoms with Gasteiger partial charge in [-0.3, -0.25) is 4.57 Å². The summed E-state index contributed by atoms with van der Waals surface area (Å²) in [7, 11) is 0. The second-order valence-electron chi connectivity index (χ2n) is 3.71. The van der Waals surface area contributed by atoms with Gasteiger partial charge in [0.1, 0.15) is 6.33 Å². The molecule has 0 saturated carbocycles. The summed E-state index contributed by atoms with van der Waals surface area (Å²) in [4.78, 5) is 17.4. The zero-order chi connectivity index (χ0) is 13.9. The van der Waals surface area contributed by atoms with Gasteiger partial charge in [-0.15, -0.1) is 0 Å². The van der Waals surface area contributed by atoms with Crippen LogP contribution in [0.2, 0.25) is 10.3 Å². The summed E-state index contributed by atoms with van der Waals surface area (Å²) < 4.78 is 1.67. The van der Waals surface area contributed by atoms with Crippen LogP contribution in [0.4, 0.5) is 0 Å². The van der Waals surface area contributed by atoms with Crippen LogP contribution in [0.3, 0.4) is 0 Å². The molecule has 2 heterocycles. The van der Waals surface area contributed by atoms with Crippen molar-refractivity contribution in [2.24, 2.45) is 0 Å². The lowest BCUT2D eigenvalue weighted by atomic mass is 10.4. The van der Waals surface area contributed by atoms with Gasteiger partial charge in [0.25, 0.3) is 0 Å². The number of imidazole rings is 1. The largest absolute Gasteiger partial charge is 0.274 e. The highest BCUT2D eigenvalue weighted by atomic mass is 35.5. The fourth-order valence-corrected chi connectivity index (χ4v) is 2.54. The lowest BCUT2D eigenvalue weighted by Gasteiger charge is -2.04.